The standard InChI is InChI=1S/C10H12.Zr/c1-2-9-7-4-5-8(6-7)10(9)3-1;/h1-2,4-5,7-10H,3,6H2;. The minimum absolute atomic E-state index is 0. The van der Waals surface area contributed by atoms with E-state index < -0.39 is 0 Å². The Labute approximate surface area is 86.9 Å². The van der Waals surface area contributed by atoms with Crippen LogP contribution >= 0.6 is 0 Å². The van der Waals surface area contributed by atoms with Crippen molar-refractivity contribution in [3.63, 3.8) is 0 Å². The minimum atomic E-state index is 0. The summed E-state index contributed by atoms with van der Waals surface area (Å²) in [4.78, 5) is 0. The number of fused-ring (bicyclic) bond motifs is 5. The monoisotopic (exact) mass is 222 g/mol. The predicted octanol–water partition coefficient (Wildman–Crippen LogP) is 2.38. The summed E-state index contributed by atoms with van der Waals surface area (Å²) in [6.07, 6.45) is 12.5. The Morgan fingerprint density at radius 2 is 1.82 bits per heavy atom. The third kappa shape index (κ3) is 0.968. The van der Waals surface area contributed by atoms with E-state index in [1.54, 1.807) is 0 Å². The molecule has 11 heavy (non-hydrogen) atoms. The first kappa shape index (κ1) is 7.98. The number of hydrogen-bond donors (Lipinski definition) is 0. The van der Waals surface area contributed by atoms with Crippen LogP contribution in [0.2, 0.25) is 0 Å². The molecule has 56 valence electrons. The summed E-state index contributed by atoms with van der Waals surface area (Å²) in [5.74, 6) is 3.82. The van der Waals surface area contributed by atoms with Gasteiger partial charge in [-0.2, -0.15) is 0 Å². The van der Waals surface area contributed by atoms with E-state index in [1.807, 2.05) is 0 Å². The first-order valence-electron chi connectivity index (χ1n) is 4.30. The molecule has 0 aromatic carbocycles. The molecular formula is C10H12Zr. The average molecular weight is 223 g/mol. The fraction of sp³-hybridized carbons (Fsp3) is 0.600. The van der Waals surface area contributed by atoms with E-state index in [4.69, 9.17) is 0 Å². The summed E-state index contributed by atoms with van der Waals surface area (Å²) in [5, 5.41) is 0. The molecule has 3 rings (SSSR count). The van der Waals surface area contributed by atoms with Gasteiger partial charge in [-0.15, -0.1) is 0 Å². The van der Waals surface area contributed by atoms with Crippen LogP contribution in [-0.4, -0.2) is 0 Å². The van der Waals surface area contributed by atoms with Gasteiger partial charge in [0, 0.05) is 26.2 Å². The molecule has 0 spiro atoms. The van der Waals surface area contributed by atoms with E-state index in [2.05, 4.69) is 24.3 Å². The van der Waals surface area contributed by atoms with Crippen molar-refractivity contribution in [2.45, 2.75) is 12.8 Å². The van der Waals surface area contributed by atoms with Crippen molar-refractivity contribution in [2.24, 2.45) is 23.7 Å². The van der Waals surface area contributed by atoms with Gasteiger partial charge in [0.2, 0.25) is 0 Å². The fourth-order valence-electron chi connectivity index (χ4n) is 2.97. The van der Waals surface area contributed by atoms with E-state index in [-0.39, 0.29) is 26.2 Å². The second kappa shape index (κ2) is 2.69. The summed E-state index contributed by atoms with van der Waals surface area (Å²) >= 11 is 0. The Bertz CT molecular complexity index is 217. The van der Waals surface area contributed by atoms with Crippen LogP contribution in [0.25, 0.3) is 0 Å². The molecule has 4 atom stereocenters. The Hall–Kier alpha value is 0.363. The normalized spacial score (nSPS) is 49.5. The summed E-state index contributed by atoms with van der Waals surface area (Å²) in [6, 6.07) is 0. The topological polar surface area (TPSA) is 0 Å². The Morgan fingerprint density at radius 3 is 2.64 bits per heavy atom. The third-order valence-corrected chi connectivity index (χ3v) is 3.46. The minimum Gasteiger partial charge on any atom is -0.0879 e. The van der Waals surface area contributed by atoms with Crippen LogP contribution < -0.4 is 0 Å². The van der Waals surface area contributed by atoms with Gasteiger partial charge in [-0.25, -0.2) is 0 Å². The molecule has 4 unspecified atom stereocenters. The van der Waals surface area contributed by atoms with Crippen molar-refractivity contribution >= 4 is 0 Å². The van der Waals surface area contributed by atoms with Gasteiger partial charge in [-0.1, -0.05) is 24.3 Å². The molecular weight excluding hydrogens is 211 g/mol. The molecule has 0 heterocycles. The summed E-state index contributed by atoms with van der Waals surface area (Å²) in [5.41, 5.74) is 0. The molecule has 0 aromatic rings. The van der Waals surface area contributed by atoms with Crippen molar-refractivity contribution in [3.8, 4) is 0 Å². The fourth-order valence-corrected chi connectivity index (χ4v) is 2.97. The van der Waals surface area contributed by atoms with Crippen LogP contribution in [0.5, 0.6) is 0 Å². The Morgan fingerprint density at radius 1 is 1.00 bits per heavy atom. The molecule has 3 aliphatic carbocycles. The van der Waals surface area contributed by atoms with Crippen LogP contribution in [-0.2, 0) is 26.2 Å². The van der Waals surface area contributed by atoms with Crippen molar-refractivity contribution in [3.05, 3.63) is 24.3 Å². The maximum atomic E-state index is 2.44. The molecule has 0 aliphatic heterocycles. The second-order valence-electron chi connectivity index (χ2n) is 3.85. The van der Waals surface area contributed by atoms with Gasteiger partial charge in [0.15, 0.2) is 0 Å². The van der Waals surface area contributed by atoms with Gasteiger partial charge in [-0.05, 0) is 36.5 Å². The second-order valence-corrected chi connectivity index (χ2v) is 3.85. The first-order valence-corrected chi connectivity index (χ1v) is 4.30. The van der Waals surface area contributed by atoms with Crippen molar-refractivity contribution in [2.75, 3.05) is 0 Å². The zero-order valence-corrected chi connectivity index (χ0v) is 8.99. The number of rotatable bonds is 0. The predicted molar refractivity (Wildman–Crippen MR) is 41.5 cm³/mol. The van der Waals surface area contributed by atoms with Crippen molar-refractivity contribution < 1.29 is 26.2 Å². The first-order chi connectivity index (χ1) is 4.95. The number of hydrogen-bond acceptors (Lipinski definition) is 0. The van der Waals surface area contributed by atoms with Crippen LogP contribution in [0.3, 0.4) is 0 Å². The van der Waals surface area contributed by atoms with Gasteiger partial charge in [0.25, 0.3) is 0 Å². The van der Waals surface area contributed by atoms with Crippen LogP contribution in [0.1, 0.15) is 12.8 Å². The van der Waals surface area contributed by atoms with E-state index in [0.29, 0.717) is 0 Å². The Balaban J connectivity index is 0.000000480. The molecule has 1 fully saturated rings. The molecule has 1 saturated carbocycles. The van der Waals surface area contributed by atoms with Gasteiger partial charge >= 0.3 is 0 Å². The van der Waals surface area contributed by atoms with Crippen LogP contribution in [0, 0.1) is 23.7 Å². The molecule has 1 heteroatoms. The van der Waals surface area contributed by atoms with Gasteiger partial charge in [0.05, 0.1) is 0 Å². The average Bonchev–Trinajstić information content (AvgIpc) is 2.60. The SMILES string of the molecule is C1=CC2C3C=CC(C3)C2C1.[Zr]. The smallest absolute Gasteiger partial charge is 0 e. The molecule has 3 aliphatic rings. The molecule has 0 nitrogen and oxygen atoms in total. The maximum Gasteiger partial charge on any atom is 0 e. The van der Waals surface area contributed by atoms with E-state index in [0.717, 1.165) is 23.7 Å². The van der Waals surface area contributed by atoms with E-state index >= 15 is 0 Å². The summed E-state index contributed by atoms with van der Waals surface area (Å²) in [7, 11) is 0. The molecule has 0 radical (unpaired) electrons. The molecule has 0 saturated heterocycles. The molecule has 0 aromatic heterocycles. The number of allylic oxidation sites excluding steroid dienone is 4. The zero-order chi connectivity index (χ0) is 6.55. The van der Waals surface area contributed by atoms with Gasteiger partial charge in [-0.3, -0.25) is 0 Å². The summed E-state index contributed by atoms with van der Waals surface area (Å²) in [6.45, 7) is 0. The van der Waals surface area contributed by atoms with Crippen LogP contribution in [0.4, 0.5) is 0 Å². The van der Waals surface area contributed by atoms with Gasteiger partial charge < -0.3 is 0 Å². The van der Waals surface area contributed by atoms with Crippen molar-refractivity contribution in [1.82, 2.24) is 0 Å². The quantitative estimate of drug-likeness (QED) is 0.553. The van der Waals surface area contributed by atoms with Gasteiger partial charge in [0.1, 0.15) is 0 Å². The van der Waals surface area contributed by atoms with Crippen LogP contribution in [0.15, 0.2) is 24.3 Å². The molecule has 0 amide bonds. The summed E-state index contributed by atoms with van der Waals surface area (Å²) < 4.78 is 0. The largest absolute Gasteiger partial charge is 0.0879 e. The molecule has 0 N–H and O–H groups in total. The zero-order valence-electron chi connectivity index (χ0n) is 6.53. The Kier molecular flexibility index (Phi) is 1.96. The van der Waals surface area contributed by atoms with Crippen molar-refractivity contribution in [1.29, 1.82) is 0 Å². The third-order valence-electron chi connectivity index (χ3n) is 3.46. The van der Waals surface area contributed by atoms with E-state index in [1.165, 1.54) is 12.8 Å². The van der Waals surface area contributed by atoms with E-state index in [9.17, 15) is 0 Å². The maximum absolute atomic E-state index is 2.44. The molecule has 2 bridgehead atoms.